The number of hydrogen-bond donors (Lipinski definition) is 1. The van der Waals surface area contributed by atoms with Crippen LogP contribution in [0.4, 0.5) is 0 Å². The van der Waals surface area contributed by atoms with Crippen molar-refractivity contribution in [2.45, 2.75) is 49.5 Å². The lowest BCUT2D eigenvalue weighted by molar-refractivity contribution is 0.395. The van der Waals surface area contributed by atoms with E-state index in [-0.39, 0.29) is 5.75 Å². The third-order valence-electron chi connectivity index (χ3n) is 3.86. The first-order chi connectivity index (χ1) is 8.53. The summed E-state index contributed by atoms with van der Waals surface area (Å²) < 4.78 is 23.4. The highest BCUT2D eigenvalue weighted by atomic mass is 32.2. The van der Waals surface area contributed by atoms with Crippen molar-refractivity contribution in [3.63, 3.8) is 0 Å². The van der Waals surface area contributed by atoms with Gasteiger partial charge in [0, 0.05) is 6.04 Å². The molecule has 0 saturated heterocycles. The number of hydrogen-bond acceptors (Lipinski definition) is 3. The zero-order chi connectivity index (χ0) is 13.2. The summed E-state index contributed by atoms with van der Waals surface area (Å²) in [5.74, 6) is 0.702. The van der Waals surface area contributed by atoms with Gasteiger partial charge in [-0.2, -0.15) is 0 Å². The first kappa shape index (κ1) is 13.6. The minimum absolute atomic E-state index is 0.157. The standard InChI is InChI=1S/C14H21NO2S/c1-2-18(16,17)14-9-5-12(6-10-14)11-3-7-13(15)8-4-11/h5-6,9-11,13H,2-4,7-8,15H2,1H3. The Morgan fingerprint density at radius 2 is 1.67 bits per heavy atom. The third-order valence-corrected chi connectivity index (χ3v) is 5.61. The zero-order valence-corrected chi connectivity index (χ0v) is 11.6. The topological polar surface area (TPSA) is 60.2 Å². The van der Waals surface area contributed by atoms with E-state index in [2.05, 4.69) is 0 Å². The lowest BCUT2D eigenvalue weighted by atomic mass is 9.82. The number of rotatable bonds is 3. The van der Waals surface area contributed by atoms with Crippen molar-refractivity contribution < 1.29 is 8.42 Å². The quantitative estimate of drug-likeness (QED) is 0.915. The summed E-state index contributed by atoms with van der Waals surface area (Å²) in [5, 5.41) is 0. The molecule has 0 aliphatic heterocycles. The van der Waals surface area contributed by atoms with Crippen LogP contribution in [0, 0.1) is 0 Å². The molecule has 2 N–H and O–H groups in total. The van der Waals surface area contributed by atoms with Crippen molar-refractivity contribution in [3.8, 4) is 0 Å². The molecule has 0 heterocycles. The van der Waals surface area contributed by atoms with Gasteiger partial charge in [0.15, 0.2) is 9.84 Å². The lowest BCUT2D eigenvalue weighted by Crippen LogP contribution is -2.25. The van der Waals surface area contributed by atoms with Crippen molar-refractivity contribution in [2.75, 3.05) is 5.75 Å². The van der Waals surface area contributed by atoms with E-state index in [1.165, 1.54) is 5.56 Å². The van der Waals surface area contributed by atoms with Gasteiger partial charge in [-0.05, 0) is 49.3 Å². The first-order valence-corrected chi connectivity index (χ1v) is 8.26. The van der Waals surface area contributed by atoms with E-state index in [4.69, 9.17) is 5.73 Å². The van der Waals surface area contributed by atoms with Crippen LogP contribution in [-0.4, -0.2) is 20.2 Å². The molecule has 0 unspecified atom stereocenters. The van der Waals surface area contributed by atoms with E-state index in [0.29, 0.717) is 16.9 Å². The Labute approximate surface area is 109 Å². The van der Waals surface area contributed by atoms with Crippen molar-refractivity contribution in [1.82, 2.24) is 0 Å². The van der Waals surface area contributed by atoms with Gasteiger partial charge in [0.1, 0.15) is 0 Å². The van der Waals surface area contributed by atoms with Crippen LogP contribution in [0.1, 0.15) is 44.1 Å². The van der Waals surface area contributed by atoms with Crippen LogP contribution in [0.5, 0.6) is 0 Å². The summed E-state index contributed by atoms with van der Waals surface area (Å²) in [7, 11) is -3.07. The molecule has 0 spiro atoms. The molecule has 100 valence electrons. The molecular formula is C14H21NO2S. The maximum atomic E-state index is 11.7. The molecule has 1 fully saturated rings. The molecule has 1 aromatic carbocycles. The Bertz CT molecular complexity index is 485. The van der Waals surface area contributed by atoms with Crippen LogP contribution < -0.4 is 5.73 Å². The minimum atomic E-state index is -3.07. The van der Waals surface area contributed by atoms with Gasteiger partial charge in [0.25, 0.3) is 0 Å². The normalized spacial score (nSPS) is 25.0. The summed E-state index contributed by atoms with van der Waals surface area (Å²) in [6.45, 7) is 1.67. The van der Waals surface area contributed by atoms with Crippen molar-refractivity contribution >= 4 is 9.84 Å². The maximum absolute atomic E-state index is 11.7. The second kappa shape index (κ2) is 5.41. The molecule has 0 radical (unpaired) electrons. The van der Waals surface area contributed by atoms with Crippen LogP contribution in [-0.2, 0) is 9.84 Å². The van der Waals surface area contributed by atoms with E-state index in [0.717, 1.165) is 25.7 Å². The summed E-state index contributed by atoms with van der Waals surface area (Å²) in [4.78, 5) is 0.432. The van der Waals surface area contributed by atoms with Gasteiger partial charge in [-0.3, -0.25) is 0 Å². The summed E-state index contributed by atoms with van der Waals surface area (Å²) in [5.41, 5.74) is 7.14. The molecule has 2 rings (SSSR count). The molecule has 4 heteroatoms. The van der Waals surface area contributed by atoms with Gasteiger partial charge < -0.3 is 5.73 Å². The third kappa shape index (κ3) is 2.93. The van der Waals surface area contributed by atoms with Gasteiger partial charge in [-0.15, -0.1) is 0 Å². The molecule has 1 aliphatic carbocycles. The molecule has 1 aliphatic rings. The van der Waals surface area contributed by atoms with E-state index >= 15 is 0 Å². The van der Waals surface area contributed by atoms with E-state index in [9.17, 15) is 8.42 Å². The van der Waals surface area contributed by atoms with Crippen LogP contribution in [0.3, 0.4) is 0 Å². The Balaban J connectivity index is 2.13. The van der Waals surface area contributed by atoms with Crippen LogP contribution >= 0.6 is 0 Å². The van der Waals surface area contributed by atoms with E-state index < -0.39 is 9.84 Å². The van der Waals surface area contributed by atoms with Crippen molar-refractivity contribution in [1.29, 1.82) is 0 Å². The second-order valence-corrected chi connectivity index (χ2v) is 7.36. The summed E-state index contributed by atoms with van der Waals surface area (Å²) >= 11 is 0. The largest absolute Gasteiger partial charge is 0.328 e. The Kier molecular flexibility index (Phi) is 4.07. The van der Waals surface area contributed by atoms with Gasteiger partial charge in [0.05, 0.1) is 10.6 Å². The van der Waals surface area contributed by atoms with Crippen molar-refractivity contribution in [3.05, 3.63) is 29.8 Å². The Morgan fingerprint density at radius 3 is 2.17 bits per heavy atom. The average Bonchev–Trinajstić information content (AvgIpc) is 2.40. The highest BCUT2D eigenvalue weighted by molar-refractivity contribution is 7.91. The van der Waals surface area contributed by atoms with Gasteiger partial charge in [-0.25, -0.2) is 8.42 Å². The van der Waals surface area contributed by atoms with Gasteiger partial charge in [-0.1, -0.05) is 19.1 Å². The van der Waals surface area contributed by atoms with E-state index in [1.807, 2.05) is 12.1 Å². The fourth-order valence-corrected chi connectivity index (χ4v) is 3.45. The monoisotopic (exact) mass is 267 g/mol. The average molecular weight is 267 g/mol. The van der Waals surface area contributed by atoms with Gasteiger partial charge >= 0.3 is 0 Å². The Hall–Kier alpha value is -0.870. The second-order valence-electron chi connectivity index (χ2n) is 5.08. The fourth-order valence-electron chi connectivity index (χ4n) is 2.57. The first-order valence-electron chi connectivity index (χ1n) is 6.61. The molecule has 1 aromatic rings. The summed E-state index contributed by atoms with van der Waals surface area (Å²) in [6.07, 6.45) is 4.36. The highest BCUT2D eigenvalue weighted by Gasteiger charge is 2.20. The molecule has 0 atom stereocenters. The van der Waals surface area contributed by atoms with Crippen molar-refractivity contribution in [2.24, 2.45) is 5.73 Å². The minimum Gasteiger partial charge on any atom is -0.328 e. The van der Waals surface area contributed by atoms with Crippen LogP contribution in [0.25, 0.3) is 0 Å². The predicted molar refractivity (Wildman–Crippen MR) is 73.4 cm³/mol. The van der Waals surface area contributed by atoms with Crippen LogP contribution in [0.2, 0.25) is 0 Å². The molecule has 1 saturated carbocycles. The molecule has 0 aromatic heterocycles. The van der Waals surface area contributed by atoms with Crippen LogP contribution in [0.15, 0.2) is 29.2 Å². The number of nitrogens with two attached hydrogens (primary N) is 1. The SMILES string of the molecule is CCS(=O)(=O)c1ccc(C2CCC(N)CC2)cc1. The maximum Gasteiger partial charge on any atom is 0.178 e. The zero-order valence-electron chi connectivity index (χ0n) is 10.8. The van der Waals surface area contributed by atoms with Gasteiger partial charge in [0.2, 0.25) is 0 Å². The smallest absolute Gasteiger partial charge is 0.178 e. The predicted octanol–water partition coefficient (Wildman–Crippen LogP) is 2.47. The highest BCUT2D eigenvalue weighted by Crippen LogP contribution is 2.32. The van der Waals surface area contributed by atoms with E-state index in [1.54, 1.807) is 19.1 Å². The molecule has 0 amide bonds. The number of sulfone groups is 1. The number of benzene rings is 1. The lowest BCUT2D eigenvalue weighted by Gasteiger charge is -2.26. The fraction of sp³-hybridized carbons (Fsp3) is 0.571. The molecular weight excluding hydrogens is 246 g/mol. The Morgan fingerprint density at radius 1 is 1.11 bits per heavy atom. The molecule has 18 heavy (non-hydrogen) atoms. The summed E-state index contributed by atoms with van der Waals surface area (Å²) in [6, 6.07) is 7.75. The molecule has 0 bridgehead atoms. The molecule has 3 nitrogen and oxygen atoms in total.